The van der Waals surface area contributed by atoms with Crippen LogP contribution < -0.4 is 11.1 Å². The number of carbonyl (C=O) groups is 1. The first-order chi connectivity index (χ1) is 9.93. The molecule has 0 spiro atoms. The first-order valence-electron chi connectivity index (χ1n) is 6.27. The van der Waals surface area contributed by atoms with Crippen molar-refractivity contribution in [2.75, 3.05) is 7.11 Å². The standard InChI is InChI=1S/C14H15N3O4/c1-8-9(2)13(19)17(16-12(8)18)7-11-5-4-10(6-15-11)14(20)21-3/h4-6H,7H2,1-3H3,(H,16,18). The molecule has 0 fully saturated rings. The minimum atomic E-state index is -0.481. The van der Waals surface area contributed by atoms with Gasteiger partial charge in [-0.1, -0.05) is 0 Å². The number of nitrogens with one attached hydrogen (secondary N) is 1. The number of rotatable bonds is 3. The lowest BCUT2D eigenvalue weighted by Crippen LogP contribution is -2.33. The van der Waals surface area contributed by atoms with Crippen LogP contribution in [0.4, 0.5) is 0 Å². The summed E-state index contributed by atoms with van der Waals surface area (Å²) in [6.07, 6.45) is 1.37. The van der Waals surface area contributed by atoms with Crippen molar-refractivity contribution in [3.8, 4) is 0 Å². The van der Waals surface area contributed by atoms with Crippen LogP contribution in [0.2, 0.25) is 0 Å². The third-order valence-electron chi connectivity index (χ3n) is 3.27. The van der Waals surface area contributed by atoms with Crippen molar-refractivity contribution >= 4 is 5.97 Å². The molecule has 2 aromatic heterocycles. The van der Waals surface area contributed by atoms with Gasteiger partial charge < -0.3 is 4.74 Å². The highest BCUT2D eigenvalue weighted by atomic mass is 16.5. The molecule has 110 valence electrons. The van der Waals surface area contributed by atoms with E-state index >= 15 is 0 Å². The van der Waals surface area contributed by atoms with Gasteiger partial charge in [0.05, 0.1) is 24.9 Å². The number of hydrogen-bond donors (Lipinski definition) is 1. The maximum atomic E-state index is 12.1. The van der Waals surface area contributed by atoms with E-state index in [2.05, 4.69) is 14.8 Å². The van der Waals surface area contributed by atoms with Gasteiger partial charge >= 0.3 is 5.97 Å². The monoisotopic (exact) mass is 289 g/mol. The number of ether oxygens (including phenoxy) is 1. The van der Waals surface area contributed by atoms with Crippen LogP contribution in [0.3, 0.4) is 0 Å². The molecule has 2 heterocycles. The van der Waals surface area contributed by atoms with Gasteiger partial charge in [-0.05, 0) is 26.0 Å². The van der Waals surface area contributed by atoms with E-state index in [-0.39, 0.29) is 17.7 Å². The fourth-order valence-electron chi connectivity index (χ4n) is 1.82. The van der Waals surface area contributed by atoms with Crippen LogP contribution in [0.1, 0.15) is 27.2 Å². The molecule has 21 heavy (non-hydrogen) atoms. The zero-order valence-corrected chi connectivity index (χ0v) is 12.0. The summed E-state index contributed by atoms with van der Waals surface area (Å²) in [6.45, 7) is 3.33. The van der Waals surface area contributed by atoms with Crippen molar-refractivity contribution in [1.29, 1.82) is 0 Å². The summed E-state index contributed by atoms with van der Waals surface area (Å²) in [6, 6.07) is 3.16. The van der Waals surface area contributed by atoms with Crippen LogP contribution in [0, 0.1) is 13.8 Å². The minimum Gasteiger partial charge on any atom is -0.465 e. The van der Waals surface area contributed by atoms with Gasteiger partial charge in [0.25, 0.3) is 11.1 Å². The van der Waals surface area contributed by atoms with Crippen molar-refractivity contribution in [1.82, 2.24) is 14.8 Å². The van der Waals surface area contributed by atoms with Gasteiger partial charge in [0.2, 0.25) is 0 Å². The molecule has 2 aromatic rings. The molecule has 2 rings (SSSR count). The van der Waals surface area contributed by atoms with Crippen LogP contribution in [-0.4, -0.2) is 27.8 Å². The summed E-state index contributed by atoms with van der Waals surface area (Å²) >= 11 is 0. The predicted molar refractivity (Wildman–Crippen MR) is 75.5 cm³/mol. The summed E-state index contributed by atoms with van der Waals surface area (Å²) in [7, 11) is 1.29. The lowest BCUT2D eigenvalue weighted by molar-refractivity contribution is 0.0600. The normalized spacial score (nSPS) is 10.4. The fourth-order valence-corrected chi connectivity index (χ4v) is 1.82. The lowest BCUT2D eigenvalue weighted by Gasteiger charge is -2.08. The van der Waals surface area contributed by atoms with Gasteiger partial charge in [0.1, 0.15) is 0 Å². The number of hydrogen-bond acceptors (Lipinski definition) is 5. The average Bonchev–Trinajstić information content (AvgIpc) is 2.50. The van der Waals surface area contributed by atoms with E-state index in [1.165, 1.54) is 18.0 Å². The molecule has 0 aromatic carbocycles. The van der Waals surface area contributed by atoms with Gasteiger partial charge in [-0.3, -0.25) is 19.7 Å². The number of H-pyrrole nitrogens is 1. The molecule has 0 unspecified atom stereocenters. The van der Waals surface area contributed by atoms with Gasteiger partial charge in [-0.25, -0.2) is 9.48 Å². The van der Waals surface area contributed by atoms with Crippen molar-refractivity contribution < 1.29 is 9.53 Å². The first kappa shape index (κ1) is 14.7. The molecule has 0 amide bonds. The number of aromatic amines is 1. The van der Waals surface area contributed by atoms with E-state index in [9.17, 15) is 14.4 Å². The Morgan fingerprint density at radius 1 is 1.29 bits per heavy atom. The van der Waals surface area contributed by atoms with Crippen molar-refractivity contribution in [2.24, 2.45) is 0 Å². The van der Waals surface area contributed by atoms with Crippen molar-refractivity contribution in [2.45, 2.75) is 20.4 Å². The average molecular weight is 289 g/mol. The van der Waals surface area contributed by atoms with Crippen LogP contribution in [0.15, 0.2) is 27.9 Å². The topological polar surface area (TPSA) is 94.0 Å². The molecule has 0 saturated carbocycles. The van der Waals surface area contributed by atoms with Gasteiger partial charge in [-0.15, -0.1) is 0 Å². The Morgan fingerprint density at radius 2 is 2.00 bits per heavy atom. The molecule has 7 nitrogen and oxygen atoms in total. The highest BCUT2D eigenvalue weighted by Gasteiger charge is 2.09. The second-order valence-corrected chi connectivity index (χ2v) is 4.61. The zero-order valence-electron chi connectivity index (χ0n) is 12.0. The molecule has 0 aliphatic carbocycles. The number of aromatic nitrogens is 3. The highest BCUT2D eigenvalue weighted by molar-refractivity contribution is 5.88. The predicted octanol–water partition coefficient (Wildman–Crippen LogP) is 0.383. The van der Waals surface area contributed by atoms with E-state index < -0.39 is 5.97 Å². The maximum absolute atomic E-state index is 12.1. The minimum absolute atomic E-state index is 0.122. The van der Waals surface area contributed by atoms with E-state index in [1.54, 1.807) is 26.0 Å². The smallest absolute Gasteiger partial charge is 0.339 e. The van der Waals surface area contributed by atoms with E-state index in [0.717, 1.165) is 0 Å². The molecule has 0 bridgehead atoms. The largest absolute Gasteiger partial charge is 0.465 e. The van der Waals surface area contributed by atoms with Crippen LogP contribution in [-0.2, 0) is 11.3 Å². The Bertz CT molecular complexity index is 787. The van der Waals surface area contributed by atoms with Crippen molar-refractivity contribution in [3.05, 3.63) is 61.4 Å². The Kier molecular flexibility index (Phi) is 4.02. The first-order valence-corrected chi connectivity index (χ1v) is 6.27. The van der Waals surface area contributed by atoms with E-state index in [1.807, 2.05) is 0 Å². The molecule has 0 aliphatic rings. The number of methoxy groups -OCH3 is 1. The highest BCUT2D eigenvalue weighted by Crippen LogP contribution is 2.03. The lowest BCUT2D eigenvalue weighted by atomic mass is 10.2. The quantitative estimate of drug-likeness (QED) is 0.825. The molecule has 0 atom stereocenters. The van der Waals surface area contributed by atoms with Gasteiger partial charge in [0.15, 0.2) is 0 Å². The SMILES string of the molecule is COC(=O)c1ccc(Cn2[nH]c(=O)c(C)c(C)c2=O)nc1. The zero-order chi connectivity index (χ0) is 15.6. The van der Waals surface area contributed by atoms with Crippen molar-refractivity contribution in [3.63, 3.8) is 0 Å². The summed E-state index contributed by atoms with van der Waals surface area (Å²) in [5, 5.41) is 2.50. The third kappa shape index (κ3) is 2.91. The Labute approximate surface area is 120 Å². The van der Waals surface area contributed by atoms with E-state index in [0.29, 0.717) is 22.4 Å². The number of pyridine rings is 1. The Hall–Kier alpha value is -2.70. The second kappa shape index (κ2) is 5.74. The Balaban J connectivity index is 2.33. The third-order valence-corrected chi connectivity index (χ3v) is 3.27. The summed E-state index contributed by atoms with van der Waals surface area (Å²) in [5.41, 5.74) is 1.10. The molecule has 1 N–H and O–H groups in total. The second-order valence-electron chi connectivity index (χ2n) is 4.61. The van der Waals surface area contributed by atoms with Crippen LogP contribution in [0.5, 0.6) is 0 Å². The number of carbonyl (C=O) groups excluding carboxylic acids is 1. The molecule has 0 saturated heterocycles. The maximum Gasteiger partial charge on any atom is 0.339 e. The number of esters is 1. The molecular formula is C14H15N3O4. The number of nitrogens with zero attached hydrogens (tertiary/aromatic N) is 2. The summed E-state index contributed by atoms with van der Waals surface area (Å²) in [5.74, 6) is -0.481. The fraction of sp³-hybridized carbons (Fsp3) is 0.286. The van der Waals surface area contributed by atoms with Crippen LogP contribution in [0.25, 0.3) is 0 Å². The van der Waals surface area contributed by atoms with E-state index in [4.69, 9.17) is 0 Å². The van der Waals surface area contributed by atoms with Crippen LogP contribution >= 0.6 is 0 Å². The summed E-state index contributed by atoms with van der Waals surface area (Å²) < 4.78 is 5.78. The molecule has 7 heteroatoms. The molecule has 0 radical (unpaired) electrons. The molecule has 0 aliphatic heterocycles. The molecular weight excluding hydrogens is 274 g/mol. The van der Waals surface area contributed by atoms with Gasteiger partial charge in [-0.2, -0.15) is 0 Å². The Morgan fingerprint density at radius 3 is 2.57 bits per heavy atom. The van der Waals surface area contributed by atoms with Gasteiger partial charge in [0, 0.05) is 17.3 Å². The summed E-state index contributed by atoms with van der Waals surface area (Å²) in [4.78, 5) is 39.1.